The van der Waals surface area contributed by atoms with E-state index in [1.54, 1.807) is 12.1 Å². The number of carbonyl (C=O) groups is 2. The number of ether oxygens (including phenoxy) is 2. The van der Waals surface area contributed by atoms with E-state index in [-0.39, 0.29) is 18.0 Å². The molecule has 23 heavy (non-hydrogen) atoms. The van der Waals surface area contributed by atoms with Gasteiger partial charge in [0.2, 0.25) is 0 Å². The summed E-state index contributed by atoms with van der Waals surface area (Å²) >= 11 is 0. The van der Waals surface area contributed by atoms with Crippen LogP contribution in [-0.4, -0.2) is 55.3 Å². The molecule has 3 heterocycles. The highest BCUT2D eigenvalue weighted by Crippen LogP contribution is 2.35. The first-order valence-electron chi connectivity index (χ1n) is 8.39. The summed E-state index contributed by atoms with van der Waals surface area (Å²) in [7, 11) is 0. The van der Waals surface area contributed by atoms with Crippen molar-refractivity contribution in [2.45, 2.75) is 25.9 Å². The first kappa shape index (κ1) is 16.0. The molecule has 1 aromatic carbocycles. The Kier molecular flexibility index (Phi) is 4.66. The highest BCUT2D eigenvalue weighted by Gasteiger charge is 2.48. The van der Waals surface area contributed by atoms with E-state index in [0.29, 0.717) is 29.1 Å². The summed E-state index contributed by atoms with van der Waals surface area (Å²) in [6.45, 7) is 5.30. The third-order valence-electron chi connectivity index (χ3n) is 5.08. The summed E-state index contributed by atoms with van der Waals surface area (Å²) in [5.74, 6) is 0.00415. The molecule has 0 unspecified atom stereocenters. The van der Waals surface area contributed by atoms with E-state index in [1.807, 2.05) is 25.1 Å². The Morgan fingerprint density at radius 1 is 1.17 bits per heavy atom. The molecule has 1 atom stereocenters. The van der Waals surface area contributed by atoms with E-state index in [9.17, 15) is 9.59 Å². The van der Waals surface area contributed by atoms with Crippen molar-refractivity contribution in [2.75, 3.05) is 32.8 Å². The molecule has 3 aliphatic rings. The van der Waals surface area contributed by atoms with Crippen LogP contribution in [0.15, 0.2) is 30.3 Å². The van der Waals surface area contributed by atoms with Gasteiger partial charge in [-0.15, -0.1) is 0 Å². The van der Waals surface area contributed by atoms with Crippen LogP contribution in [0.2, 0.25) is 0 Å². The van der Waals surface area contributed by atoms with Gasteiger partial charge in [0.1, 0.15) is 6.54 Å². The van der Waals surface area contributed by atoms with Gasteiger partial charge < -0.3 is 14.0 Å². The lowest BCUT2D eigenvalue weighted by molar-refractivity contribution is -0.939. The molecule has 0 radical (unpaired) electrons. The lowest BCUT2D eigenvalue weighted by Gasteiger charge is -2.51. The Bertz CT molecular complexity index is 564. The highest BCUT2D eigenvalue weighted by atomic mass is 16.5. The Hall–Kier alpha value is -1.88. The first-order chi connectivity index (χ1) is 11.1. The molecule has 5 nitrogen and oxygen atoms in total. The van der Waals surface area contributed by atoms with Crippen molar-refractivity contribution in [3.63, 3.8) is 0 Å². The molecule has 3 saturated heterocycles. The Labute approximate surface area is 136 Å². The molecule has 3 aliphatic heterocycles. The summed E-state index contributed by atoms with van der Waals surface area (Å²) in [5, 5.41) is 0. The number of esters is 2. The van der Waals surface area contributed by atoms with Crippen LogP contribution in [0, 0.1) is 5.92 Å². The van der Waals surface area contributed by atoms with Gasteiger partial charge in [-0.1, -0.05) is 18.2 Å². The van der Waals surface area contributed by atoms with Crippen LogP contribution in [0.5, 0.6) is 0 Å². The van der Waals surface area contributed by atoms with Crippen LogP contribution in [0.25, 0.3) is 0 Å². The second-order valence-corrected chi connectivity index (χ2v) is 6.58. The van der Waals surface area contributed by atoms with Gasteiger partial charge in [0.15, 0.2) is 12.6 Å². The van der Waals surface area contributed by atoms with Gasteiger partial charge in [0, 0.05) is 18.8 Å². The van der Waals surface area contributed by atoms with Crippen molar-refractivity contribution in [1.29, 1.82) is 0 Å². The van der Waals surface area contributed by atoms with E-state index in [2.05, 4.69) is 0 Å². The molecule has 0 N–H and O–H groups in total. The van der Waals surface area contributed by atoms with Crippen molar-refractivity contribution in [1.82, 2.24) is 0 Å². The molecule has 2 bridgehead atoms. The van der Waals surface area contributed by atoms with Crippen LogP contribution >= 0.6 is 0 Å². The number of piperidine rings is 3. The SMILES string of the molecule is CCOC(=O)C[N+]12CCC(CC1)[C@H](OC(=O)c1ccccc1)C2. The zero-order chi connectivity index (χ0) is 16.3. The number of carbonyl (C=O) groups excluding carboxylic acids is 2. The summed E-state index contributed by atoms with van der Waals surface area (Å²) in [5.41, 5.74) is 0.584. The van der Waals surface area contributed by atoms with Crippen molar-refractivity contribution in [3.8, 4) is 0 Å². The molecule has 0 saturated carbocycles. The summed E-state index contributed by atoms with van der Waals surface area (Å²) in [4.78, 5) is 24.2. The fraction of sp³-hybridized carbons (Fsp3) is 0.556. The number of hydrogen-bond donors (Lipinski definition) is 0. The number of hydrogen-bond acceptors (Lipinski definition) is 4. The average Bonchev–Trinajstić information content (AvgIpc) is 2.56. The van der Waals surface area contributed by atoms with Gasteiger partial charge in [-0.3, -0.25) is 0 Å². The van der Waals surface area contributed by atoms with E-state index < -0.39 is 0 Å². The summed E-state index contributed by atoms with van der Waals surface area (Å²) < 4.78 is 11.6. The normalized spacial score (nSPS) is 29.1. The van der Waals surface area contributed by atoms with Gasteiger partial charge in [0.05, 0.1) is 25.3 Å². The monoisotopic (exact) mass is 318 g/mol. The number of benzene rings is 1. The lowest BCUT2D eigenvalue weighted by Crippen LogP contribution is -2.65. The van der Waals surface area contributed by atoms with E-state index in [1.165, 1.54) is 0 Å². The van der Waals surface area contributed by atoms with Crippen LogP contribution in [-0.2, 0) is 14.3 Å². The van der Waals surface area contributed by atoms with Gasteiger partial charge in [-0.2, -0.15) is 0 Å². The van der Waals surface area contributed by atoms with E-state index >= 15 is 0 Å². The molecule has 0 aromatic heterocycles. The summed E-state index contributed by atoms with van der Waals surface area (Å²) in [6, 6.07) is 9.09. The zero-order valence-corrected chi connectivity index (χ0v) is 13.6. The quantitative estimate of drug-likeness (QED) is 0.616. The summed E-state index contributed by atoms with van der Waals surface area (Å²) in [6.07, 6.45) is 1.91. The van der Waals surface area contributed by atoms with Crippen molar-refractivity contribution in [2.24, 2.45) is 5.92 Å². The maximum atomic E-state index is 12.3. The van der Waals surface area contributed by atoms with Crippen LogP contribution in [0.3, 0.4) is 0 Å². The minimum atomic E-state index is -0.265. The Balaban J connectivity index is 1.65. The second kappa shape index (κ2) is 6.71. The van der Waals surface area contributed by atoms with Gasteiger partial charge >= 0.3 is 11.9 Å². The van der Waals surface area contributed by atoms with E-state index in [4.69, 9.17) is 9.47 Å². The highest BCUT2D eigenvalue weighted by molar-refractivity contribution is 5.89. The van der Waals surface area contributed by atoms with Crippen molar-refractivity contribution >= 4 is 11.9 Å². The largest absolute Gasteiger partial charge is 0.462 e. The molecular formula is C18H24NO4+. The average molecular weight is 318 g/mol. The maximum absolute atomic E-state index is 12.3. The third-order valence-corrected chi connectivity index (χ3v) is 5.08. The smallest absolute Gasteiger partial charge is 0.361 e. The topological polar surface area (TPSA) is 52.6 Å². The van der Waals surface area contributed by atoms with Crippen LogP contribution in [0.4, 0.5) is 0 Å². The minimum absolute atomic E-state index is 0.0976. The van der Waals surface area contributed by atoms with Crippen molar-refractivity contribution < 1.29 is 23.5 Å². The lowest BCUT2D eigenvalue weighted by atomic mass is 9.83. The molecule has 5 heteroatoms. The Morgan fingerprint density at radius 3 is 2.52 bits per heavy atom. The molecule has 0 aliphatic carbocycles. The predicted molar refractivity (Wildman–Crippen MR) is 84.7 cm³/mol. The fourth-order valence-electron chi connectivity index (χ4n) is 3.84. The van der Waals surface area contributed by atoms with Gasteiger partial charge in [-0.25, -0.2) is 9.59 Å². The number of fused-ring (bicyclic) bond motifs is 3. The van der Waals surface area contributed by atoms with E-state index in [0.717, 1.165) is 32.5 Å². The maximum Gasteiger partial charge on any atom is 0.361 e. The van der Waals surface area contributed by atoms with Crippen molar-refractivity contribution in [3.05, 3.63) is 35.9 Å². The molecule has 0 spiro atoms. The van der Waals surface area contributed by atoms with Crippen LogP contribution < -0.4 is 0 Å². The fourth-order valence-corrected chi connectivity index (χ4v) is 3.84. The number of quaternary nitrogens is 1. The first-order valence-corrected chi connectivity index (χ1v) is 8.39. The molecule has 124 valence electrons. The Morgan fingerprint density at radius 2 is 1.87 bits per heavy atom. The zero-order valence-electron chi connectivity index (χ0n) is 13.6. The molecule has 4 rings (SSSR count). The number of nitrogens with zero attached hydrogens (tertiary/aromatic N) is 1. The molecule has 3 fully saturated rings. The number of rotatable bonds is 5. The minimum Gasteiger partial charge on any atom is -0.462 e. The third kappa shape index (κ3) is 3.55. The second-order valence-electron chi connectivity index (χ2n) is 6.58. The van der Waals surface area contributed by atoms with Gasteiger partial charge in [-0.05, 0) is 19.1 Å². The molecule has 1 aromatic rings. The standard InChI is InChI=1S/C18H24NO4/c1-2-22-17(20)13-19-10-8-14(9-11-19)16(12-19)23-18(21)15-6-4-3-5-7-15/h3-7,14,16H,2,8-13H2,1H3/q+1/t14?,16-,19?/m1/s1. The predicted octanol–water partition coefficient (Wildman–Crippen LogP) is 2.02. The van der Waals surface area contributed by atoms with Crippen LogP contribution in [0.1, 0.15) is 30.1 Å². The van der Waals surface area contributed by atoms with Gasteiger partial charge in [0.25, 0.3) is 0 Å². The molecular weight excluding hydrogens is 294 g/mol. The molecule has 0 amide bonds.